The normalized spacial score (nSPS) is 12.8. The SMILES string of the molecule is NNC(c1cc2ccccc2o1)c1ncc(Cl)cc1Cl. The second kappa shape index (κ2) is 5.42. The molecule has 2 aromatic heterocycles. The van der Waals surface area contributed by atoms with Crippen molar-refractivity contribution >= 4 is 34.2 Å². The van der Waals surface area contributed by atoms with E-state index in [0.717, 1.165) is 11.0 Å². The first kappa shape index (κ1) is 13.4. The molecule has 4 nitrogen and oxygen atoms in total. The van der Waals surface area contributed by atoms with Gasteiger partial charge in [-0.3, -0.25) is 10.8 Å². The maximum atomic E-state index is 6.17. The third kappa shape index (κ3) is 2.39. The molecule has 0 bridgehead atoms. The van der Waals surface area contributed by atoms with Crippen molar-refractivity contribution in [2.24, 2.45) is 5.84 Å². The van der Waals surface area contributed by atoms with E-state index in [1.807, 2.05) is 30.3 Å². The third-order valence-corrected chi connectivity index (χ3v) is 3.51. The number of hydrogen-bond acceptors (Lipinski definition) is 4. The summed E-state index contributed by atoms with van der Waals surface area (Å²) in [5.41, 5.74) is 4.02. The lowest BCUT2D eigenvalue weighted by Gasteiger charge is -2.14. The zero-order chi connectivity index (χ0) is 14.1. The van der Waals surface area contributed by atoms with E-state index >= 15 is 0 Å². The van der Waals surface area contributed by atoms with Crippen LogP contribution in [0.2, 0.25) is 10.0 Å². The summed E-state index contributed by atoms with van der Waals surface area (Å²) in [6, 6.07) is 10.8. The van der Waals surface area contributed by atoms with Gasteiger partial charge in [-0.25, -0.2) is 5.43 Å². The Balaban J connectivity index is 2.08. The standard InChI is InChI=1S/C14H11Cl2N3O/c15-9-6-10(16)13(18-7-9)14(19-17)12-5-8-3-1-2-4-11(8)20-12/h1-7,14,19H,17H2. The molecular weight excluding hydrogens is 297 g/mol. The highest BCUT2D eigenvalue weighted by Gasteiger charge is 2.21. The van der Waals surface area contributed by atoms with Gasteiger partial charge in [-0.15, -0.1) is 0 Å². The molecule has 1 aromatic carbocycles. The first-order valence-electron chi connectivity index (χ1n) is 5.94. The predicted octanol–water partition coefficient (Wildman–Crippen LogP) is 3.69. The molecule has 3 rings (SSSR count). The van der Waals surface area contributed by atoms with Gasteiger partial charge in [-0.2, -0.15) is 0 Å². The number of hydrogen-bond donors (Lipinski definition) is 2. The molecule has 0 aliphatic heterocycles. The van der Waals surface area contributed by atoms with E-state index in [2.05, 4.69) is 10.4 Å². The number of halogens is 2. The van der Waals surface area contributed by atoms with Crippen molar-refractivity contribution in [1.29, 1.82) is 0 Å². The van der Waals surface area contributed by atoms with Crippen molar-refractivity contribution in [3.05, 3.63) is 64.1 Å². The molecule has 0 aliphatic rings. The van der Waals surface area contributed by atoms with Gasteiger partial charge in [-0.1, -0.05) is 41.4 Å². The number of pyridine rings is 1. The zero-order valence-corrected chi connectivity index (χ0v) is 11.8. The van der Waals surface area contributed by atoms with Gasteiger partial charge in [0.1, 0.15) is 17.4 Å². The van der Waals surface area contributed by atoms with E-state index in [1.165, 1.54) is 6.20 Å². The minimum absolute atomic E-state index is 0.431. The Kier molecular flexibility index (Phi) is 3.63. The van der Waals surface area contributed by atoms with Crippen molar-refractivity contribution < 1.29 is 4.42 Å². The fourth-order valence-electron chi connectivity index (χ4n) is 2.08. The number of benzene rings is 1. The molecule has 1 unspecified atom stereocenters. The highest BCUT2D eigenvalue weighted by atomic mass is 35.5. The first-order chi connectivity index (χ1) is 9.69. The van der Waals surface area contributed by atoms with Crippen molar-refractivity contribution in [3.8, 4) is 0 Å². The van der Waals surface area contributed by atoms with Gasteiger partial charge in [0.15, 0.2) is 0 Å². The fourth-order valence-corrected chi connectivity index (χ4v) is 2.57. The molecule has 6 heteroatoms. The van der Waals surface area contributed by atoms with Gasteiger partial charge in [0.2, 0.25) is 0 Å². The Morgan fingerprint density at radius 1 is 1.20 bits per heavy atom. The minimum atomic E-state index is -0.438. The summed E-state index contributed by atoms with van der Waals surface area (Å²) in [5.74, 6) is 6.27. The molecule has 0 fully saturated rings. The Bertz CT molecular complexity index is 724. The number of nitrogens with two attached hydrogens (primary N) is 1. The third-order valence-electron chi connectivity index (χ3n) is 3.01. The van der Waals surface area contributed by atoms with Gasteiger partial charge in [0.25, 0.3) is 0 Å². The van der Waals surface area contributed by atoms with Crippen LogP contribution in [0.25, 0.3) is 11.0 Å². The lowest BCUT2D eigenvalue weighted by molar-refractivity contribution is 0.471. The van der Waals surface area contributed by atoms with Crippen LogP contribution in [0.1, 0.15) is 17.5 Å². The number of furan rings is 1. The van der Waals surface area contributed by atoms with Crippen LogP contribution in [0.3, 0.4) is 0 Å². The van der Waals surface area contributed by atoms with E-state index in [-0.39, 0.29) is 0 Å². The number of hydrazine groups is 1. The molecule has 2 heterocycles. The summed E-state index contributed by atoms with van der Waals surface area (Å²) in [6.07, 6.45) is 1.52. The molecule has 0 saturated heterocycles. The van der Waals surface area contributed by atoms with E-state index in [0.29, 0.717) is 21.5 Å². The predicted molar refractivity (Wildman–Crippen MR) is 79.6 cm³/mol. The molecule has 20 heavy (non-hydrogen) atoms. The van der Waals surface area contributed by atoms with E-state index in [9.17, 15) is 0 Å². The number of nitrogens with one attached hydrogen (secondary N) is 1. The second-order valence-electron chi connectivity index (χ2n) is 4.31. The molecule has 0 aliphatic carbocycles. The molecule has 1 atom stereocenters. The number of nitrogens with zero attached hydrogens (tertiary/aromatic N) is 1. The van der Waals surface area contributed by atoms with Gasteiger partial charge in [0.05, 0.1) is 15.7 Å². The lowest BCUT2D eigenvalue weighted by atomic mass is 10.1. The number of fused-ring (bicyclic) bond motifs is 1. The van der Waals surface area contributed by atoms with Crippen LogP contribution in [-0.2, 0) is 0 Å². The Hall–Kier alpha value is -1.59. The number of rotatable bonds is 3. The quantitative estimate of drug-likeness (QED) is 0.572. The average molecular weight is 308 g/mol. The van der Waals surface area contributed by atoms with Crippen molar-refractivity contribution in [3.63, 3.8) is 0 Å². The van der Waals surface area contributed by atoms with Gasteiger partial charge in [-0.05, 0) is 18.2 Å². The van der Waals surface area contributed by atoms with Crippen LogP contribution in [0, 0.1) is 0 Å². The molecule has 0 spiro atoms. The summed E-state index contributed by atoms with van der Waals surface area (Å²) in [5, 5.41) is 1.90. The maximum Gasteiger partial charge on any atom is 0.134 e. The number of aromatic nitrogens is 1. The Morgan fingerprint density at radius 2 is 2.00 bits per heavy atom. The lowest BCUT2D eigenvalue weighted by Crippen LogP contribution is -2.29. The second-order valence-corrected chi connectivity index (χ2v) is 5.15. The molecule has 3 N–H and O–H groups in total. The van der Waals surface area contributed by atoms with Crippen LogP contribution in [0.4, 0.5) is 0 Å². The molecular formula is C14H11Cl2N3O. The van der Waals surface area contributed by atoms with Crippen LogP contribution < -0.4 is 11.3 Å². The highest BCUT2D eigenvalue weighted by molar-refractivity contribution is 6.34. The Morgan fingerprint density at radius 3 is 2.70 bits per heavy atom. The fraction of sp³-hybridized carbons (Fsp3) is 0.0714. The van der Waals surface area contributed by atoms with Crippen LogP contribution >= 0.6 is 23.2 Å². The monoisotopic (exact) mass is 307 g/mol. The van der Waals surface area contributed by atoms with Crippen LogP contribution in [0.5, 0.6) is 0 Å². The summed E-state index contributed by atoms with van der Waals surface area (Å²) in [6.45, 7) is 0. The molecule has 102 valence electrons. The van der Waals surface area contributed by atoms with Gasteiger partial charge >= 0.3 is 0 Å². The van der Waals surface area contributed by atoms with Gasteiger partial charge in [0, 0.05) is 11.6 Å². The van der Waals surface area contributed by atoms with Gasteiger partial charge < -0.3 is 4.42 Å². The molecule has 0 radical (unpaired) electrons. The van der Waals surface area contributed by atoms with Crippen molar-refractivity contribution in [2.45, 2.75) is 6.04 Å². The summed E-state index contributed by atoms with van der Waals surface area (Å²) in [7, 11) is 0. The molecule has 3 aromatic rings. The molecule has 0 saturated carbocycles. The topological polar surface area (TPSA) is 64.1 Å². The van der Waals surface area contributed by atoms with E-state index in [4.69, 9.17) is 33.5 Å². The van der Waals surface area contributed by atoms with Crippen molar-refractivity contribution in [2.75, 3.05) is 0 Å². The largest absolute Gasteiger partial charge is 0.459 e. The van der Waals surface area contributed by atoms with Crippen LogP contribution in [-0.4, -0.2) is 4.98 Å². The smallest absolute Gasteiger partial charge is 0.134 e. The Labute approximate surface area is 125 Å². The van der Waals surface area contributed by atoms with Crippen LogP contribution in [0.15, 0.2) is 47.0 Å². The van der Waals surface area contributed by atoms with Crippen molar-refractivity contribution in [1.82, 2.24) is 10.4 Å². The highest BCUT2D eigenvalue weighted by Crippen LogP contribution is 2.31. The number of para-hydroxylation sites is 1. The molecule has 0 amide bonds. The maximum absolute atomic E-state index is 6.17. The van der Waals surface area contributed by atoms with E-state index in [1.54, 1.807) is 6.07 Å². The summed E-state index contributed by atoms with van der Waals surface area (Å²) >= 11 is 12.0. The minimum Gasteiger partial charge on any atom is -0.459 e. The first-order valence-corrected chi connectivity index (χ1v) is 6.70. The zero-order valence-electron chi connectivity index (χ0n) is 10.3. The summed E-state index contributed by atoms with van der Waals surface area (Å²) in [4.78, 5) is 4.23. The summed E-state index contributed by atoms with van der Waals surface area (Å²) < 4.78 is 5.79. The average Bonchev–Trinajstić information content (AvgIpc) is 2.85. The van der Waals surface area contributed by atoms with E-state index < -0.39 is 6.04 Å².